The molecule has 2 aliphatic carbocycles. The molecule has 0 aromatic carbocycles. The number of halogens is 1. The van der Waals surface area contributed by atoms with Gasteiger partial charge in [-0.3, -0.25) is 19.3 Å². The van der Waals surface area contributed by atoms with Gasteiger partial charge in [0.1, 0.15) is 17.8 Å². The summed E-state index contributed by atoms with van der Waals surface area (Å²) in [5, 5.41) is 25.9. The predicted molar refractivity (Wildman–Crippen MR) is 102 cm³/mol. The molecule has 1 aliphatic heterocycles. The first-order valence-electron chi connectivity index (χ1n) is 8.96. The van der Waals surface area contributed by atoms with Crippen molar-refractivity contribution < 1.29 is 18.9 Å². The molecule has 9 nitrogen and oxygen atoms in total. The smallest absolute Gasteiger partial charge is 0.278 e. The summed E-state index contributed by atoms with van der Waals surface area (Å²) >= 11 is -0.231. The highest BCUT2D eigenvalue weighted by Crippen LogP contribution is 2.70. The maximum atomic E-state index is 13.4. The molecule has 1 aromatic rings. The van der Waals surface area contributed by atoms with Crippen LogP contribution in [0.15, 0.2) is 16.1 Å². The number of hydrazone groups is 1. The van der Waals surface area contributed by atoms with Crippen LogP contribution in [0.3, 0.4) is 0 Å². The van der Waals surface area contributed by atoms with Crippen LogP contribution in [-0.2, 0) is 0 Å². The number of carbonyl (C=O) groups is 1. The van der Waals surface area contributed by atoms with E-state index in [0.29, 0.717) is 12.3 Å². The van der Waals surface area contributed by atoms with Crippen molar-refractivity contribution >= 4 is 23.1 Å². The average Bonchev–Trinajstić information content (AvgIpc) is 3.33. The van der Waals surface area contributed by atoms with Gasteiger partial charge in [0.2, 0.25) is 5.43 Å². The highest BCUT2D eigenvalue weighted by molar-refractivity contribution is 8.10. The van der Waals surface area contributed by atoms with Crippen molar-refractivity contribution in [2.75, 3.05) is 32.8 Å². The largest absolute Gasteiger partial charge is 0.502 e. The first kappa shape index (κ1) is 19.1. The molecule has 2 heterocycles. The molecular formula is C17H22FN5O4S. The van der Waals surface area contributed by atoms with Gasteiger partial charge >= 0.3 is 0 Å². The second-order valence-electron chi connectivity index (χ2n) is 7.59. The van der Waals surface area contributed by atoms with Gasteiger partial charge in [-0.05, 0) is 25.2 Å². The molecule has 1 spiro atoms. The van der Waals surface area contributed by atoms with Crippen LogP contribution in [0.25, 0.3) is 0 Å². The van der Waals surface area contributed by atoms with Gasteiger partial charge in [0.15, 0.2) is 16.5 Å². The Kier molecular flexibility index (Phi) is 4.16. The van der Waals surface area contributed by atoms with Crippen LogP contribution >= 0.6 is 12.1 Å². The Labute approximate surface area is 165 Å². The van der Waals surface area contributed by atoms with Gasteiger partial charge in [-0.15, -0.1) is 0 Å². The number of nitrogens with one attached hydrogen (secondary N) is 1. The first-order chi connectivity index (χ1) is 13.3. The van der Waals surface area contributed by atoms with Crippen LogP contribution in [0.5, 0.6) is 5.75 Å². The lowest BCUT2D eigenvalue weighted by molar-refractivity contribution is -0.00666. The maximum absolute atomic E-state index is 13.4. The van der Waals surface area contributed by atoms with E-state index in [1.165, 1.54) is 22.8 Å². The van der Waals surface area contributed by atoms with Crippen LogP contribution < -0.4 is 15.9 Å². The second-order valence-corrected chi connectivity index (χ2v) is 8.13. The molecule has 0 saturated heterocycles. The maximum Gasteiger partial charge on any atom is 0.278 e. The van der Waals surface area contributed by atoms with E-state index >= 15 is 0 Å². The zero-order valence-corrected chi connectivity index (χ0v) is 16.6. The minimum atomic E-state index is -0.871. The first-order valence-corrected chi connectivity index (χ1v) is 9.67. The molecule has 1 amide bonds. The number of aromatic nitrogens is 1. The minimum absolute atomic E-state index is 0.0687. The summed E-state index contributed by atoms with van der Waals surface area (Å²) in [6.45, 7) is -0.0687. The lowest BCUT2D eigenvalue weighted by atomic mass is 9.87. The fourth-order valence-corrected chi connectivity index (χ4v) is 5.65. The number of aliphatic hydroxyl groups is 1. The number of fused-ring (bicyclic) bond motifs is 3. The fourth-order valence-electron chi connectivity index (χ4n) is 5.30. The number of aromatic hydroxyl groups is 1. The number of pyridine rings is 1. The van der Waals surface area contributed by atoms with Crippen molar-refractivity contribution in [1.29, 1.82) is 0 Å². The van der Waals surface area contributed by atoms with Crippen molar-refractivity contribution in [2.24, 2.45) is 16.4 Å². The molecule has 11 heteroatoms. The Bertz CT molecular complexity index is 948. The second kappa shape index (κ2) is 6.11. The van der Waals surface area contributed by atoms with E-state index in [1.807, 2.05) is 0 Å². The fraction of sp³-hybridized carbons (Fsp3) is 0.588. The molecule has 3 aliphatic rings. The third-order valence-electron chi connectivity index (χ3n) is 6.75. The van der Waals surface area contributed by atoms with Crippen molar-refractivity contribution in [1.82, 2.24) is 15.0 Å². The number of hydrogen-bond donors (Lipinski definition) is 3. The Balaban J connectivity index is 1.96. The summed E-state index contributed by atoms with van der Waals surface area (Å²) in [4.78, 5) is 27.3. The normalized spacial score (nSPS) is 31.2. The van der Waals surface area contributed by atoms with Gasteiger partial charge in [0.05, 0.1) is 12.2 Å². The molecule has 4 rings (SSSR count). The summed E-state index contributed by atoms with van der Waals surface area (Å²) in [6.07, 6.45) is 3.64. The Morgan fingerprint density at radius 1 is 1.46 bits per heavy atom. The van der Waals surface area contributed by atoms with Crippen LogP contribution in [0.1, 0.15) is 35.3 Å². The molecule has 2 fully saturated rings. The molecule has 3 N–H and O–H groups in total. The summed E-state index contributed by atoms with van der Waals surface area (Å²) in [5.41, 5.74) is -0.0464. The lowest BCUT2D eigenvalue weighted by Gasteiger charge is -2.55. The SMILES string of the molecule is CN/N=C(\SF)c1cn2c(c(O)c1=O)C(=O)N(C)C1(CC[C@@H]3C[C@@]31CO)N2C. The summed E-state index contributed by atoms with van der Waals surface area (Å²) in [6, 6.07) is 0. The molecule has 0 radical (unpaired) electrons. The van der Waals surface area contributed by atoms with Gasteiger partial charge in [-0.2, -0.15) is 8.99 Å². The van der Waals surface area contributed by atoms with E-state index in [1.54, 1.807) is 19.1 Å². The zero-order chi connectivity index (χ0) is 20.4. The number of nitrogens with zero attached hydrogens (tertiary/aromatic N) is 4. The van der Waals surface area contributed by atoms with E-state index in [2.05, 4.69) is 10.5 Å². The van der Waals surface area contributed by atoms with Gasteiger partial charge in [-0.1, -0.05) is 0 Å². The molecule has 28 heavy (non-hydrogen) atoms. The van der Waals surface area contributed by atoms with Crippen LogP contribution in [0, 0.1) is 11.3 Å². The van der Waals surface area contributed by atoms with Gasteiger partial charge in [0, 0.05) is 32.8 Å². The summed E-state index contributed by atoms with van der Waals surface area (Å²) in [7, 11) is 4.84. The number of carbonyl (C=O) groups excluding carboxylic acids is 1. The number of rotatable bonds is 3. The highest BCUT2D eigenvalue weighted by atomic mass is 32.2. The molecule has 1 aromatic heterocycles. The Morgan fingerprint density at radius 3 is 2.75 bits per heavy atom. The van der Waals surface area contributed by atoms with E-state index in [-0.39, 0.29) is 35.1 Å². The van der Waals surface area contributed by atoms with Crippen LogP contribution in [0.4, 0.5) is 3.89 Å². The number of aliphatic hydroxyl groups excluding tert-OH is 1. The topological polar surface area (TPSA) is 110 Å². The number of hydrogen-bond acceptors (Lipinski definition) is 8. The predicted octanol–water partition coefficient (Wildman–Crippen LogP) is 0.195. The third-order valence-corrected chi connectivity index (χ3v) is 7.21. The highest BCUT2D eigenvalue weighted by Gasteiger charge is 2.75. The van der Waals surface area contributed by atoms with Crippen molar-refractivity contribution in [3.05, 3.63) is 27.7 Å². The monoisotopic (exact) mass is 411 g/mol. The lowest BCUT2D eigenvalue weighted by Crippen LogP contribution is -2.71. The van der Waals surface area contributed by atoms with Crippen LogP contribution in [-0.4, -0.2) is 64.2 Å². The molecule has 1 unspecified atom stereocenters. The van der Waals surface area contributed by atoms with Gasteiger partial charge < -0.3 is 20.5 Å². The quantitative estimate of drug-likeness (QED) is 0.370. The van der Waals surface area contributed by atoms with Crippen molar-refractivity contribution in [3.8, 4) is 5.75 Å². The van der Waals surface area contributed by atoms with Crippen LogP contribution in [0.2, 0.25) is 0 Å². The van der Waals surface area contributed by atoms with E-state index < -0.39 is 28.2 Å². The number of amides is 1. The van der Waals surface area contributed by atoms with Crippen molar-refractivity contribution in [3.63, 3.8) is 0 Å². The van der Waals surface area contributed by atoms with Crippen molar-refractivity contribution in [2.45, 2.75) is 24.9 Å². The van der Waals surface area contributed by atoms with Gasteiger partial charge in [0.25, 0.3) is 5.91 Å². The van der Waals surface area contributed by atoms with E-state index in [0.717, 1.165) is 12.8 Å². The standard InChI is InChI=1S/C17H22FN5O4S/c1-19-20-14(28-18)10-7-23-11(13(26)12(10)25)15(27)21(2)17(22(23)3)5-4-9-6-16(9,17)8-24/h7,9,19,24,26H,4-6,8H2,1-3H3/b20-14-/t9-,16-,17?/m1/s1. The minimum Gasteiger partial charge on any atom is -0.502 e. The summed E-state index contributed by atoms with van der Waals surface area (Å²) in [5.74, 6) is -0.955. The summed E-state index contributed by atoms with van der Waals surface area (Å²) < 4.78 is 14.8. The van der Waals surface area contributed by atoms with E-state index in [9.17, 15) is 23.7 Å². The Hall–Kier alpha value is -2.27. The molecule has 152 valence electrons. The molecular weight excluding hydrogens is 389 g/mol. The molecule has 2 saturated carbocycles. The average molecular weight is 411 g/mol. The van der Waals surface area contributed by atoms with Gasteiger partial charge in [-0.25, -0.2) is 0 Å². The Morgan fingerprint density at radius 2 is 2.18 bits per heavy atom. The third kappa shape index (κ3) is 2.03. The zero-order valence-electron chi connectivity index (χ0n) is 15.8. The van der Waals surface area contributed by atoms with E-state index in [4.69, 9.17) is 0 Å². The molecule has 3 atom stereocenters. The molecule has 0 bridgehead atoms.